The molecule has 1 aliphatic heterocycles. The van der Waals surface area contributed by atoms with Gasteiger partial charge in [-0.1, -0.05) is 46.3 Å². The van der Waals surface area contributed by atoms with Gasteiger partial charge in [0.1, 0.15) is 46.1 Å². The number of fused-ring (bicyclic) bond motifs is 1. The average molecular weight is 956 g/mol. The van der Waals surface area contributed by atoms with Crippen molar-refractivity contribution in [3.05, 3.63) is 98.8 Å². The maximum Gasteiger partial charge on any atom is 0.419 e. The van der Waals surface area contributed by atoms with Gasteiger partial charge in [0.05, 0.1) is 30.2 Å². The summed E-state index contributed by atoms with van der Waals surface area (Å²) in [7, 11) is -2.40. The molecular formula is C48H57F4N5O7S2. The maximum atomic E-state index is 15.1. The number of amides is 3. The second-order valence-electron chi connectivity index (χ2n) is 19.2. The first kappa shape index (κ1) is 48.7. The molecule has 1 saturated heterocycles. The van der Waals surface area contributed by atoms with Gasteiger partial charge in [-0.2, -0.15) is 13.2 Å². The Morgan fingerprint density at radius 1 is 1.08 bits per heavy atom. The minimum atomic E-state index is -5.02. The van der Waals surface area contributed by atoms with Crippen LogP contribution in [-0.4, -0.2) is 78.7 Å². The van der Waals surface area contributed by atoms with E-state index >= 15 is 4.79 Å². The molecule has 4 aliphatic rings. The zero-order chi connectivity index (χ0) is 48.3. The molecule has 12 nitrogen and oxygen atoms in total. The lowest BCUT2D eigenvalue weighted by atomic mass is 9.85. The minimum absolute atomic E-state index is 0.0589. The SMILES string of the molecule is C=CC1CC1(NC(=O)C1CC(OC2=CC(c3nc(C(C)C)cs3)=C(C)CCc3c2ccc(OC)c3C)CN1C(=O)C(Nc1ccc(F)c(C(F)(F)F)c1)C(C)(C)C)C(=O)NS(=O)(=O)C1CC1. The van der Waals surface area contributed by atoms with Crippen LogP contribution in [0.5, 0.6) is 5.75 Å². The van der Waals surface area contributed by atoms with Crippen LogP contribution in [0.1, 0.15) is 113 Å². The summed E-state index contributed by atoms with van der Waals surface area (Å²) in [5.41, 5.74) is 1.18. The summed E-state index contributed by atoms with van der Waals surface area (Å²) in [6.07, 6.45) is -0.347. The van der Waals surface area contributed by atoms with E-state index in [1.54, 1.807) is 27.9 Å². The van der Waals surface area contributed by atoms with Gasteiger partial charge in [0.15, 0.2) is 0 Å². The first-order chi connectivity index (χ1) is 30.9. The highest BCUT2D eigenvalue weighted by atomic mass is 32.2. The number of benzene rings is 2. The summed E-state index contributed by atoms with van der Waals surface area (Å²) in [6, 6.07) is 3.55. The van der Waals surface area contributed by atoms with Gasteiger partial charge in [0, 0.05) is 34.5 Å². The van der Waals surface area contributed by atoms with Gasteiger partial charge in [0.25, 0.3) is 5.91 Å². The third-order valence-corrected chi connectivity index (χ3v) is 15.7. The van der Waals surface area contributed by atoms with E-state index in [1.165, 1.54) is 22.3 Å². The number of aromatic nitrogens is 1. The molecule has 18 heteroatoms. The second-order valence-corrected chi connectivity index (χ2v) is 22.0. The summed E-state index contributed by atoms with van der Waals surface area (Å²) in [5.74, 6) is -3.12. The van der Waals surface area contributed by atoms with Crippen LogP contribution in [0.4, 0.5) is 23.2 Å². The number of anilines is 1. The van der Waals surface area contributed by atoms with Crippen molar-refractivity contribution in [1.29, 1.82) is 0 Å². The number of likely N-dealkylation sites (tertiary alicyclic amines) is 1. The lowest BCUT2D eigenvalue weighted by molar-refractivity contribution is -0.141. The van der Waals surface area contributed by atoms with Gasteiger partial charge in [0.2, 0.25) is 21.8 Å². The van der Waals surface area contributed by atoms with Gasteiger partial charge < -0.3 is 25.0 Å². The van der Waals surface area contributed by atoms with Crippen LogP contribution in [0, 0.1) is 24.1 Å². The maximum absolute atomic E-state index is 15.1. The molecule has 3 fully saturated rings. The Balaban J connectivity index is 1.28. The predicted octanol–water partition coefficient (Wildman–Crippen LogP) is 8.68. The number of carbonyl (C=O) groups excluding carboxylic acids is 3. The molecule has 2 saturated carbocycles. The van der Waals surface area contributed by atoms with Crippen LogP contribution in [0.25, 0.3) is 11.3 Å². The third kappa shape index (κ3) is 9.90. The Labute approximate surface area is 387 Å². The van der Waals surface area contributed by atoms with Gasteiger partial charge in [-0.05, 0) is 105 Å². The van der Waals surface area contributed by atoms with E-state index in [2.05, 4.69) is 35.8 Å². The normalized spacial score (nSPS) is 22.7. The number of methoxy groups -OCH3 is 1. The molecular weight excluding hydrogens is 899 g/mol. The Kier molecular flexibility index (Phi) is 13.4. The first-order valence-electron chi connectivity index (χ1n) is 22.0. The van der Waals surface area contributed by atoms with Crippen molar-refractivity contribution >= 4 is 56.1 Å². The van der Waals surface area contributed by atoms with Crippen LogP contribution < -0.4 is 20.1 Å². The van der Waals surface area contributed by atoms with Gasteiger partial charge in [-0.25, -0.2) is 17.8 Å². The molecule has 3 amide bonds. The molecule has 7 rings (SSSR count). The van der Waals surface area contributed by atoms with E-state index in [-0.39, 0.29) is 31.0 Å². The van der Waals surface area contributed by atoms with Crippen LogP contribution in [0.15, 0.2) is 60.0 Å². The van der Waals surface area contributed by atoms with E-state index < -0.39 is 85.6 Å². The van der Waals surface area contributed by atoms with E-state index in [9.17, 15) is 35.6 Å². The first-order valence-corrected chi connectivity index (χ1v) is 24.5. The lowest BCUT2D eigenvalue weighted by Gasteiger charge is -2.36. The van der Waals surface area contributed by atoms with Crippen molar-refractivity contribution in [2.45, 2.75) is 128 Å². The topological polar surface area (TPSA) is 156 Å². The number of hydrogen-bond donors (Lipinski definition) is 3. The van der Waals surface area contributed by atoms with Crippen LogP contribution >= 0.6 is 11.3 Å². The average Bonchev–Trinajstić information content (AvgIpc) is 4.12. The fourth-order valence-corrected chi connectivity index (χ4v) is 11.1. The summed E-state index contributed by atoms with van der Waals surface area (Å²) in [4.78, 5) is 49.8. The molecule has 0 bridgehead atoms. The van der Waals surface area contributed by atoms with Crippen LogP contribution in [0.2, 0.25) is 0 Å². The Bertz CT molecular complexity index is 2610. The molecule has 1 aromatic heterocycles. The number of sulfonamides is 1. The molecule has 356 valence electrons. The highest BCUT2D eigenvalue weighted by Crippen LogP contribution is 2.46. The number of alkyl halides is 3. The number of carbonyl (C=O) groups is 3. The Morgan fingerprint density at radius 3 is 2.38 bits per heavy atom. The largest absolute Gasteiger partial charge is 0.496 e. The monoisotopic (exact) mass is 955 g/mol. The molecule has 3 aromatic rings. The molecule has 0 radical (unpaired) electrons. The summed E-state index contributed by atoms with van der Waals surface area (Å²) >= 11 is 1.52. The van der Waals surface area contributed by atoms with Crippen molar-refractivity contribution in [1.82, 2.24) is 19.9 Å². The number of hydrogen-bond acceptors (Lipinski definition) is 10. The summed E-state index contributed by atoms with van der Waals surface area (Å²) in [6.45, 7) is 16.9. The molecule has 5 atom stereocenters. The van der Waals surface area contributed by atoms with Crippen molar-refractivity contribution in [3.63, 3.8) is 0 Å². The van der Waals surface area contributed by atoms with E-state index in [1.807, 2.05) is 37.4 Å². The van der Waals surface area contributed by atoms with Gasteiger partial charge in [-0.15, -0.1) is 17.9 Å². The van der Waals surface area contributed by atoms with E-state index in [0.717, 1.165) is 44.6 Å². The fourth-order valence-electron chi connectivity index (χ4n) is 8.69. The number of nitrogens with one attached hydrogen (secondary N) is 3. The van der Waals surface area contributed by atoms with E-state index in [0.29, 0.717) is 49.3 Å². The Hall–Kier alpha value is -5.23. The number of halogens is 4. The van der Waals surface area contributed by atoms with Crippen molar-refractivity contribution in [3.8, 4) is 5.75 Å². The van der Waals surface area contributed by atoms with Gasteiger partial charge >= 0.3 is 6.18 Å². The predicted molar refractivity (Wildman–Crippen MR) is 245 cm³/mol. The fraction of sp³-hybridized carbons (Fsp3) is 0.500. The van der Waals surface area contributed by atoms with E-state index in [4.69, 9.17) is 14.5 Å². The minimum Gasteiger partial charge on any atom is -0.496 e. The quantitative estimate of drug-likeness (QED) is 0.106. The third-order valence-electron chi connectivity index (χ3n) is 12.9. The molecule has 5 unspecified atom stereocenters. The number of rotatable bonds is 14. The number of ether oxygens (including phenoxy) is 2. The van der Waals surface area contributed by atoms with Crippen molar-refractivity contribution in [2.75, 3.05) is 19.0 Å². The molecule has 66 heavy (non-hydrogen) atoms. The molecule has 2 aromatic carbocycles. The zero-order valence-corrected chi connectivity index (χ0v) is 40.0. The highest BCUT2D eigenvalue weighted by Gasteiger charge is 2.62. The number of thiazole rings is 1. The van der Waals surface area contributed by atoms with Crippen molar-refractivity contribution in [2.24, 2.45) is 11.3 Å². The van der Waals surface area contributed by atoms with Gasteiger partial charge in [-0.3, -0.25) is 19.1 Å². The Morgan fingerprint density at radius 2 is 1.79 bits per heavy atom. The van der Waals surface area contributed by atoms with Crippen molar-refractivity contribution < 1.29 is 49.8 Å². The van der Waals surface area contributed by atoms with Crippen LogP contribution in [-0.2, 0) is 41.7 Å². The summed E-state index contributed by atoms with van der Waals surface area (Å²) in [5, 5.41) is 7.81. The lowest BCUT2D eigenvalue weighted by Crippen LogP contribution is -2.58. The number of nitrogens with zero attached hydrogens (tertiary/aromatic N) is 2. The van der Waals surface area contributed by atoms with Crippen LogP contribution in [0.3, 0.4) is 0 Å². The molecule has 0 spiro atoms. The molecule has 2 heterocycles. The molecule has 3 N–H and O–H groups in total. The molecule has 3 aliphatic carbocycles. The number of allylic oxidation sites excluding steroid dienone is 3. The smallest absolute Gasteiger partial charge is 0.419 e. The highest BCUT2D eigenvalue weighted by molar-refractivity contribution is 7.91. The zero-order valence-electron chi connectivity index (χ0n) is 38.3. The second kappa shape index (κ2) is 18.1. The summed E-state index contributed by atoms with van der Waals surface area (Å²) < 4.78 is 96.6. The standard InChI is InChI=1S/C48H57F4N5O7S2/c1-10-28-22-47(28,45(60)56-66(61,62)31-13-14-31)55-42(58)38-20-30(23-57(38)44(59)41(46(6,7)8)53-29-12-17-36(49)35(19-29)48(50,51)52)64-40-21-34(43-54-37(24-65-43)25(2)3)26(4)11-15-32-27(5)39(63-9)18-16-33(32)40/h10,12,16-19,21,24-25,28,30-31,38,41,53H,1,11,13-15,20,22-23H2,2-9H3,(H,55,58)(H,56,60).